The highest BCUT2D eigenvalue weighted by molar-refractivity contribution is 5.82. The lowest BCUT2D eigenvalue weighted by Gasteiger charge is -1.83. The monoisotopic (exact) mass is 126 g/mol. The highest BCUT2D eigenvalue weighted by Crippen LogP contribution is 1.81. The van der Waals surface area contributed by atoms with Gasteiger partial charge in [-0.25, -0.2) is 5.53 Å². The molecule has 0 aromatic carbocycles. The van der Waals surface area contributed by atoms with Gasteiger partial charge in [-0.2, -0.15) is 5.10 Å². The van der Waals surface area contributed by atoms with Crippen LogP contribution < -0.4 is 0 Å². The molecular weight excluding hydrogens is 116 g/mol. The fourth-order valence-electron chi connectivity index (χ4n) is 0.195. The Labute approximate surface area is 54.2 Å². The molecule has 50 valence electrons. The molecule has 4 heteroatoms. The molecule has 0 aliphatic heterocycles. The molecule has 0 amide bonds. The normalized spacial score (nSPS) is 10.8. The average Bonchev–Trinajstić information content (AvgIpc) is 1.83. The average molecular weight is 126 g/mol. The van der Waals surface area contributed by atoms with Crippen LogP contribution in [-0.4, -0.2) is 11.5 Å². The van der Waals surface area contributed by atoms with Gasteiger partial charge in [0.05, 0.1) is 0 Å². The smallest absolute Gasteiger partial charge is 0.169 e. The van der Waals surface area contributed by atoms with Gasteiger partial charge in [-0.15, -0.1) is 10.2 Å². The third-order valence-corrected chi connectivity index (χ3v) is 0.557. The molecule has 0 radical (unpaired) electrons. The molecule has 0 fully saturated rings. The van der Waals surface area contributed by atoms with Gasteiger partial charge in [0, 0.05) is 5.71 Å². The van der Waals surface area contributed by atoms with Crippen LogP contribution in [0.15, 0.2) is 15.3 Å². The summed E-state index contributed by atoms with van der Waals surface area (Å²) in [5, 5.41) is 10.3. The van der Waals surface area contributed by atoms with Crippen LogP contribution in [0.2, 0.25) is 0 Å². The summed E-state index contributed by atoms with van der Waals surface area (Å²) in [7, 11) is 0. The van der Waals surface area contributed by atoms with Crippen LogP contribution in [0.3, 0.4) is 0 Å². The second-order valence-corrected chi connectivity index (χ2v) is 1.81. The first kappa shape index (κ1) is 7.94. The first-order valence-electron chi connectivity index (χ1n) is 2.59. The van der Waals surface area contributed by atoms with Gasteiger partial charge in [-0.1, -0.05) is 0 Å². The number of amidine groups is 1. The molecule has 0 bridgehead atoms. The molecule has 0 spiro atoms. The van der Waals surface area contributed by atoms with Gasteiger partial charge in [0.2, 0.25) is 0 Å². The molecule has 4 nitrogen and oxygen atoms in total. The second kappa shape index (κ2) is 3.88. The van der Waals surface area contributed by atoms with Crippen molar-refractivity contribution in [1.82, 2.24) is 0 Å². The van der Waals surface area contributed by atoms with Crippen LogP contribution in [0.4, 0.5) is 0 Å². The zero-order valence-electron chi connectivity index (χ0n) is 5.84. The number of nitrogens with one attached hydrogen (secondary N) is 1. The summed E-state index contributed by atoms with van der Waals surface area (Å²) >= 11 is 0. The van der Waals surface area contributed by atoms with E-state index in [4.69, 9.17) is 5.53 Å². The topological polar surface area (TPSA) is 60.9 Å². The van der Waals surface area contributed by atoms with Crippen molar-refractivity contribution < 1.29 is 0 Å². The molecule has 0 aromatic rings. The van der Waals surface area contributed by atoms with E-state index in [-0.39, 0.29) is 0 Å². The molecular formula is C5H10N4. The lowest BCUT2D eigenvalue weighted by molar-refractivity contribution is 1.12. The SMILES string of the molecule is CC(C)=N/N=C(/C)N=N. The van der Waals surface area contributed by atoms with E-state index in [2.05, 4.69) is 15.3 Å². The summed E-state index contributed by atoms with van der Waals surface area (Å²) in [6.45, 7) is 5.29. The summed E-state index contributed by atoms with van der Waals surface area (Å²) in [5.74, 6) is 0.371. The first-order chi connectivity index (χ1) is 4.16. The van der Waals surface area contributed by atoms with E-state index in [1.165, 1.54) is 0 Å². The predicted octanol–water partition coefficient (Wildman–Crippen LogP) is 1.83. The third kappa shape index (κ3) is 4.80. The van der Waals surface area contributed by atoms with E-state index in [0.29, 0.717) is 5.84 Å². The van der Waals surface area contributed by atoms with Crippen molar-refractivity contribution in [3.05, 3.63) is 0 Å². The Kier molecular flexibility index (Phi) is 3.43. The lowest BCUT2D eigenvalue weighted by atomic mass is 10.5. The molecule has 0 atom stereocenters. The summed E-state index contributed by atoms with van der Waals surface area (Å²) in [6, 6.07) is 0. The number of hydrogen-bond donors (Lipinski definition) is 1. The van der Waals surface area contributed by atoms with Crippen molar-refractivity contribution in [2.75, 3.05) is 0 Å². The Bertz CT molecular complexity index is 152. The first-order valence-corrected chi connectivity index (χ1v) is 2.59. The van der Waals surface area contributed by atoms with Crippen molar-refractivity contribution in [3.63, 3.8) is 0 Å². The molecule has 0 aliphatic carbocycles. The van der Waals surface area contributed by atoms with Gasteiger partial charge in [0.1, 0.15) is 0 Å². The van der Waals surface area contributed by atoms with Crippen molar-refractivity contribution in [1.29, 1.82) is 5.53 Å². The van der Waals surface area contributed by atoms with Gasteiger partial charge in [0.25, 0.3) is 0 Å². The molecule has 0 saturated heterocycles. The van der Waals surface area contributed by atoms with Gasteiger partial charge in [-0.05, 0) is 20.8 Å². The molecule has 0 unspecified atom stereocenters. The molecule has 1 N–H and O–H groups in total. The summed E-state index contributed by atoms with van der Waals surface area (Å²) in [5.41, 5.74) is 7.34. The Morgan fingerprint density at radius 1 is 1.11 bits per heavy atom. The van der Waals surface area contributed by atoms with Crippen LogP contribution in [-0.2, 0) is 0 Å². The predicted molar refractivity (Wildman–Crippen MR) is 37.0 cm³/mol. The fraction of sp³-hybridized carbons (Fsp3) is 0.600. The molecule has 9 heavy (non-hydrogen) atoms. The highest BCUT2D eigenvalue weighted by Gasteiger charge is 1.79. The van der Waals surface area contributed by atoms with Crippen molar-refractivity contribution >= 4 is 11.5 Å². The number of hydrogen-bond acceptors (Lipinski definition) is 3. The van der Waals surface area contributed by atoms with Crippen molar-refractivity contribution in [2.45, 2.75) is 20.8 Å². The van der Waals surface area contributed by atoms with E-state index in [1.807, 2.05) is 13.8 Å². The highest BCUT2D eigenvalue weighted by atomic mass is 15.3. The van der Waals surface area contributed by atoms with Crippen molar-refractivity contribution in [3.8, 4) is 0 Å². The Morgan fingerprint density at radius 2 is 1.67 bits per heavy atom. The van der Waals surface area contributed by atoms with Crippen LogP contribution in [0.5, 0.6) is 0 Å². The zero-order chi connectivity index (χ0) is 7.28. The quantitative estimate of drug-likeness (QED) is 0.241. The number of rotatable bonds is 1. The maximum atomic E-state index is 6.48. The fourth-order valence-corrected chi connectivity index (χ4v) is 0.195. The van der Waals surface area contributed by atoms with Crippen LogP contribution in [0.25, 0.3) is 0 Å². The minimum atomic E-state index is 0.371. The number of nitrogens with zero attached hydrogens (tertiary/aromatic N) is 3. The third-order valence-electron chi connectivity index (χ3n) is 0.557. The lowest BCUT2D eigenvalue weighted by Crippen LogP contribution is -1.82. The molecule has 0 saturated carbocycles. The van der Waals surface area contributed by atoms with Crippen LogP contribution >= 0.6 is 0 Å². The van der Waals surface area contributed by atoms with Crippen molar-refractivity contribution in [2.24, 2.45) is 15.3 Å². The molecule has 0 heterocycles. The van der Waals surface area contributed by atoms with E-state index < -0.39 is 0 Å². The maximum Gasteiger partial charge on any atom is 0.169 e. The Morgan fingerprint density at radius 3 is 2.00 bits per heavy atom. The second-order valence-electron chi connectivity index (χ2n) is 1.81. The van der Waals surface area contributed by atoms with Crippen LogP contribution in [0, 0.1) is 5.53 Å². The minimum absolute atomic E-state index is 0.371. The Balaban J connectivity index is 3.98. The largest absolute Gasteiger partial charge is 0.203 e. The zero-order valence-corrected chi connectivity index (χ0v) is 5.84. The van der Waals surface area contributed by atoms with E-state index >= 15 is 0 Å². The molecule has 0 rings (SSSR count). The molecule has 0 aromatic heterocycles. The maximum absolute atomic E-state index is 6.48. The van der Waals surface area contributed by atoms with E-state index in [1.54, 1.807) is 6.92 Å². The van der Waals surface area contributed by atoms with Crippen LogP contribution in [0.1, 0.15) is 20.8 Å². The summed E-state index contributed by atoms with van der Waals surface area (Å²) in [6.07, 6.45) is 0. The molecule has 0 aliphatic rings. The van der Waals surface area contributed by atoms with Gasteiger partial charge in [0.15, 0.2) is 5.84 Å². The van der Waals surface area contributed by atoms with Gasteiger partial charge in [-0.3, -0.25) is 0 Å². The summed E-state index contributed by atoms with van der Waals surface area (Å²) < 4.78 is 0. The minimum Gasteiger partial charge on any atom is -0.203 e. The van der Waals surface area contributed by atoms with Gasteiger partial charge >= 0.3 is 0 Å². The Hall–Kier alpha value is -1.06. The van der Waals surface area contributed by atoms with E-state index in [0.717, 1.165) is 5.71 Å². The van der Waals surface area contributed by atoms with E-state index in [9.17, 15) is 0 Å². The summed E-state index contributed by atoms with van der Waals surface area (Å²) in [4.78, 5) is 0. The standard InChI is InChI=1S/C5H10N4/c1-4(2)8-9-5(3)7-6/h6H,1-3H3/b7-6?,9-5-. The van der Waals surface area contributed by atoms with Gasteiger partial charge < -0.3 is 0 Å².